The summed E-state index contributed by atoms with van der Waals surface area (Å²) < 4.78 is 4.67. The lowest BCUT2D eigenvalue weighted by atomic mass is 10.4. The third kappa shape index (κ3) is 3.01. The molecule has 1 aromatic heterocycles. The third-order valence-electron chi connectivity index (χ3n) is 2.81. The molecule has 0 aromatic carbocycles. The van der Waals surface area contributed by atoms with Crippen LogP contribution in [0.15, 0.2) is 0 Å². The van der Waals surface area contributed by atoms with Crippen molar-refractivity contribution >= 4 is 45.2 Å². The number of thiazole rings is 1. The average Bonchev–Trinajstić information content (AvgIpc) is 2.91. The summed E-state index contributed by atoms with van der Waals surface area (Å²) in [7, 11) is 1.31. The minimum atomic E-state index is -0.451. The summed E-state index contributed by atoms with van der Waals surface area (Å²) in [4.78, 5) is 40.8. The molecule has 20 heavy (non-hydrogen) atoms. The van der Waals surface area contributed by atoms with Crippen molar-refractivity contribution in [3.63, 3.8) is 0 Å². The zero-order valence-electron chi connectivity index (χ0n) is 11.3. The Balaban J connectivity index is 2.18. The van der Waals surface area contributed by atoms with E-state index in [0.29, 0.717) is 28.7 Å². The number of aromatic nitrogens is 1. The van der Waals surface area contributed by atoms with Crippen molar-refractivity contribution in [2.45, 2.75) is 25.5 Å². The van der Waals surface area contributed by atoms with Crippen molar-refractivity contribution in [2.75, 3.05) is 18.6 Å². The number of carbonyl (C=O) groups excluding carboxylic acids is 3. The summed E-state index contributed by atoms with van der Waals surface area (Å²) in [6.07, 6.45) is 0.316. The van der Waals surface area contributed by atoms with E-state index in [1.807, 2.05) is 0 Å². The number of amides is 1. The molecule has 0 bridgehead atoms. The van der Waals surface area contributed by atoms with E-state index in [9.17, 15) is 14.4 Å². The number of nitrogens with zero attached hydrogens (tertiary/aromatic N) is 2. The van der Waals surface area contributed by atoms with E-state index in [1.165, 1.54) is 30.7 Å². The molecule has 1 aromatic rings. The Hall–Kier alpha value is -1.41. The Morgan fingerprint density at radius 2 is 2.20 bits per heavy atom. The second-order valence-electron chi connectivity index (χ2n) is 4.34. The van der Waals surface area contributed by atoms with Crippen LogP contribution in [-0.4, -0.2) is 40.9 Å². The molecule has 1 unspecified atom stereocenters. The first-order valence-corrected chi connectivity index (χ1v) is 7.65. The summed E-state index contributed by atoms with van der Waals surface area (Å²) in [5.41, 5.74) is 0.548. The predicted octanol–water partition coefficient (Wildman–Crippen LogP) is 1.62. The number of rotatable bonds is 3. The van der Waals surface area contributed by atoms with Crippen LogP contribution >= 0.6 is 23.1 Å². The van der Waals surface area contributed by atoms with Gasteiger partial charge >= 0.3 is 5.97 Å². The minimum absolute atomic E-state index is 0.00443. The molecule has 0 spiro atoms. The van der Waals surface area contributed by atoms with Crippen molar-refractivity contribution in [2.24, 2.45) is 0 Å². The van der Waals surface area contributed by atoms with Gasteiger partial charge < -0.3 is 4.74 Å². The molecule has 1 atom stereocenters. The fourth-order valence-electron chi connectivity index (χ4n) is 1.95. The second kappa shape index (κ2) is 5.92. The molecule has 0 radical (unpaired) electrons. The summed E-state index contributed by atoms with van der Waals surface area (Å²) in [6, 6.07) is 0. The number of ether oxygens (including phenoxy) is 1. The van der Waals surface area contributed by atoms with Gasteiger partial charge in [0.1, 0.15) is 4.88 Å². The normalized spacial score (nSPS) is 18.4. The number of anilines is 1. The van der Waals surface area contributed by atoms with Gasteiger partial charge in [-0.1, -0.05) is 23.1 Å². The number of hydrogen-bond acceptors (Lipinski definition) is 7. The summed E-state index contributed by atoms with van der Waals surface area (Å²) in [6.45, 7) is 3.63. The Morgan fingerprint density at radius 1 is 1.50 bits per heavy atom. The number of thioether (sulfide) groups is 1. The highest BCUT2D eigenvalue weighted by Gasteiger charge is 2.34. The van der Waals surface area contributed by atoms with Gasteiger partial charge in [0.2, 0.25) is 5.91 Å². The fraction of sp³-hybridized carbons (Fsp3) is 0.500. The van der Waals surface area contributed by atoms with E-state index in [0.717, 1.165) is 11.3 Å². The highest BCUT2D eigenvalue weighted by Crippen LogP contribution is 2.33. The molecule has 0 aliphatic carbocycles. The standard InChI is InChI=1S/C12H14N2O4S2/c1-6-10(11(17)18-3)20-12(13-6)14-5-8(4-9(14)16)19-7(2)15/h8H,4-5H2,1-3H3. The van der Waals surface area contributed by atoms with Crippen LogP contribution < -0.4 is 4.90 Å². The molecular weight excluding hydrogens is 300 g/mol. The van der Waals surface area contributed by atoms with Crippen LogP contribution in [0.1, 0.15) is 28.7 Å². The van der Waals surface area contributed by atoms with Crippen molar-refractivity contribution in [3.05, 3.63) is 10.6 Å². The molecule has 1 fully saturated rings. The van der Waals surface area contributed by atoms with Gasteiger partial charge in [-0.05, 0) is 6.92 Å². The summed E-state index contributed by atoms with van der Waals surface area (Å²) in [5.74, 6) is -0.526. The van der Waals surface area contributed by atoms with E-state index >= 15 is 0 Å². The molecule has 6 nitrogen and oxygen atoms in total. The van der Waals surface area contributed by atoms with Crippen LogP contribution in [0, 0.1) is 6.92 Å². The molecule has 1 saturated heterocycles. The second-order valence-corrected chi connectivity index (χ2v) is 6.80. The van der Waals surface area contributed by atoms with Crippen LogP contribution in [0.25, 0.3) is 0 Å². The Bertz CT molecular complexity index is 570. The smallest absolute Gasteiger partial charge is 0.350 e. The van der Waals surface area contributed by atoms with Crippen LogP contribution in [0.5, 0.6) is 0 Å². The van der Waals surface area contributed by atoms with E-state index < -0.39 is 5.97 Å². The van der Waals surface area contributed by atoms with Gasteiger partial charge in [0.25, 0.3) is 0 Å². The van der Waals surface area contributed by atoms with E-state index in [-0.39, 0.29) is 16.3 Å². The predicted molar refractivity (Wildman–Crippen MR) is 77.2 cm³/mol. The van der Waals surface area contributed by atoms with E-state index in [2.05, 4.69) is 9.72 Å². The molecule has 1 aliphatic rings. The maximum Gasteiger partial charge on any atom is 0.350 e. The topological polar surface area (TPSA) is 76.6 Å². The number of carbonyl (C=O) groups is 3. The van der Waals surface area contributed by atoms with E-state index in [1.54, 1.807) is 6.92 Å². The van der Waals surface area contributed by atoms with Gasteiger partial charge in [0.05, 0.1) is 12.8 Å². The number of methoxy groups -OCH3 is 1. The van der Waals surface area contributed by atoms with Gasteiger partial charge in [-0.2, -0.15) is 0 Å². The van der Waals surface area contributed by atoms with Crippen LogP contribution in [0.3, 0.4) is 0 Å². The van der Waals surface area contributed by atoms with Crippen molar-refractivity contribution in [1.82, 2.24) is 4.98 Å². The maximum absolute atomic E-state index is 12.0. The monoisotopic (exact) mass is 314 g/mol. The van der Waals surface area contributed by atoms with Gasteiger partial charge in [0.15, 0.2) is 10.2 Å². The first kappa shape index (κ1) is 15.0. The first-order chi connectivity index (χ1) is 9.42. The molecule has 108 valence electrons. The van der Waals surface area contributed by atoms with Crippen molar-refractivity contribution in [3.8, 4) is 0 Å². The van der Waals surface area contributed by atoms with Crippen molar-refractivity contribution in [1.29, 1.82) is 0 Å². The van der Waals surface area contributed by atoms with Gasteiger partial charge in [-0.3, -0.25) is 14.5 Å². The maximum atomic E-state index is 12.0. The van der Waals surface area contributed by atoms with Gasteiger partial charge in [0, 0.05) is 25.1 Å². The quantitative estimate of drug-likeness (QED) is 0.789. The number of esters is 1. The Morgan fingerprint density at radius 3 is 2.80 bits per heavy atom. The van der Waals surface area contributed by atoms with Crippen LogP contribution in [0.2, 0.25) is 0 Å². The largest absolute Gasteiger partial charge is 0.465 e. The lowest BCUT2D eigenvalue weighted by Crippen LogP contribution is -2.24. The molecular formula is C12H14N2O4S2. The van der Waals surface area contributed by atoms with Crippen LogP contribution in [-0.2, 0) is 14.3 Å². The molecule has 8 heteroatoms. The molecule has 1 aliphatic heterocycles. The number of aryl methyl sites for hydroxylation is 1. The van der Waals surface area contributed by atoms with Crippen molar-refractivity contribution < 1.29 is 19.1 Å². The first-order valence-electron chi connectivity index (χ1n) is 5.95. The molecule has 0 N–H and O–H groups in total. The zero-order chi connectivity index (χ0) is 14.9. The molecule has 2 rings (SSSR count). The molecule has 1 amide bonds. The summed E-state index contributed by atoms with van der Waals surface area (Å²) in [5, 5.41) is 0.431. The SMILES string of the molecule is COC(=O)c1sc(N2CC(SC(C)=O)CC2=O)nc1C. The fourth-order valence-corrected chi connectivity index (χ4v) is 3.88. The minimum Gasteiger partial charge on any atom is -0.465 e. The zero-order valence-corrected chi connectivity index (χ0v) is 13.0. The lowest BCUT2D eigenvalue weighted by Gasteiger charge is -2.11. The highest BCUT2D eigenvalue weighted by atomic mass is 32.2. The van der Waals surface area contributed by atoms with E-state index in [4.69, 9.17) is 0 Å². The average molecular weight is 314 g/mol. The highest BCUT2D eigenvalue weighted by molar-refractivity contribution is 8.14. The van der Waals surface area contributed by atoms with Gasteiger partial charge in [-0.25, -0.2) is 9.78 Å². The van der Waals surface area contributed by atoms with Gasteiger partial charge in [-0.15, -0.1) is 0 Å². The Kier molecular flexibility index (Phi) is 4.44. The molecule has 2 heterocycles. The van der Waals surface area contributed by atoms with Crippen LogP contribution in [0.4, 0.5) is 5.13 Å². The molecule has 0 saturated carbocycles. The third-order valence-corrected chi connectivity index (χ3v) is 4.95. The number of hydrogen-bond donors (Lipinski definition) is 0. The summed E-state index contributed by atoms with van der Waals surface area (Å²) >= 11 is 2.31. The Labute approximate surface area is 124 Å². The lowest BCUT2D eigenvalue weighted by molar-refractivity contribution is -0.117.